The number of hydrogen-bond acceptors (Lipinski definition) is 5. The Hall–Kier alpha value is -2.86. The van der Waals surface area contributed by atoms with Gasteiger partial charge >= 0.3 is 5.97 Å². The molecule has 6 heteroatoms. The first kappa shape index (κ1) is 20.9. The van der Waals surface area contributed by atoms with E-state index in [-0.39, 0.29) is 11.8 Å². The second-order valence-corrected chi connectivity index (χ2v) is 8.58. The van der Waals surface area contributed by atoms with Crippen molar-refractivity contribution in [1.82, 2.24) is 0 Å². The molecule has 5 nitrogen and oxygen atoms in total. The maximum Gasteiger partial charge on any atom is 0.303 e. The Morgan fingerprint density at radius 3 is 2.38 bits per heavy atom. The van der Waals surface area contributed by atoms with Crippen LogP contribution in [0.5, 0.6) is 0 Å². The van der Waals surface area contributed by atoms with Gasteiger partial charge in [-0.05, 0) is 48.7 Å². The second-order valence-electron chi connectivity index (χ2n) is 7.50. The zero-order chi connectivity index (χ0) is 21.1. The van der Waals surface area contributed by atoms with E-state index in [1.165, 1.54) is 0 Å². The van der Waals surface area contributed by atoms with Crippen molar-refractivity contribution in [2.45, 2.75) is 19.3 Å². The maximum atomic E-state index is 13.3. The summed E-state index contributed by atoms with van der Waals surface area (Å²) >= 11 is 1.63. The summed E-state index contributed by atoms with van der Waals surface area (Å²) in [6.45, 7) is 0. The van der Waals surface area contributed by atoms with Crippen molar-refractivity contribution in [3.05, 3.63) is 52.2 Å². The van der Waals surface area contributed by atoms with Crippen molar-refractivity contribution >= 4 is 54.9 Å². The number of hydrogen-bond donors (Lipinski definition) is 1. The lowest BCUT2D eigenvalue weighted by molar-refractivity contribution is -0.137. The summed E-state index contributed by atoms with van der Waals surface area (Å²) in [6.07, 6.45) is 5.31. The lowest BCUT2D eigenvalue weighted by Gasteiger charge is -2.16. The van der Waals surface area contributed by atoms with Crippen LogP contribution in [0.15, 0.2) is 41.2 Å². The van der Waals surface area contributed by atoms with E-state index >= 15 is 0 Å². The zero-order valence-corrected chi connectivity index (χ0v) is 18.0. The minimum atomic E-state index is -0.786. The smallest absolute Gasteiger partial charge is 0.303 e. The van der Waals surface area contributed by atoms with Gasteiger partial charge in [-0.25, -0.2) is 0 Å². The van der Waals surface area contributed by atoms with Crippen LogP contribution in [0.2, 0.25) is 0 Å². The third-order valence-corrected chi connectivity index (χ3v) is 5.97. The van der Waals surface area contributed by atoms with Crippen LogP contribution in [0.3, 0.4) is 0 Å². The van der Waals surface area contributed by atoms with Gasteiger partial charge in [0.1, 0.15) is 0 Å². The molecule has 1 aromatic heterocycles. The average Bonchev–Trinajstić information content (AvgIpc) is 2.66. The van der Waals surface area contributed by atoms with Crippen LogP contribution in [0, 0.1) is 0 Å². The quantitative estimate of drug-likeness (QED) is 0.447. The highest BCUT2D eigenvalue weighted by atomic mass is 32.1. The maximum absolute atomic E-state index is 13.3. The van der Waals surface area contributed by atoms with Crippen LogP contribution in [-0.2, 0) is 4.79 Å². The minimum absolute atomic E-state index is 0.0366. The number of aliphatic carboxylic acids is 1. The van der Waals surface area contributed by atoms with Crippen molar-refractivity contribution in [2.75, 3.05) is 38.0 Å². The molecule has 3 aromatic rings. The number of rotatable bonds is 7. The fourth-order valence-electron chi connectivity index (χ4n) is 3.23. The van der Waals surface area contributed by atoms with E-state index in [9.17, 15) is 9.59 Å². The highest BCUT2D eigenvalue weighted by molar-refractivity contribution is 7.24. The SMILES string of the molecule is CN(C)c1ccc2c(=O)c3c(/C=C/CCCC(=O)O)cc(N(C)C)cc3sc2c1. The third-order valence-electron chi connectivity index (χ3n) is 4.87. The molecule has 0 amide bonds. The Morgan fingerprint density at radius 2 is 1.72 bits per heavy atom. The van der Waals surface area contributed by atoms with Crippen LogP contribution in [0.25, 0.3) is 26.2 Å². The number of carboxylic acids is 1. The number of nitrogens with zero attached hydrogens (tertiary/aromatic N) is 2. The summed E-state index contributed by atoms with van der Waals surface area (Å²) in [5.74, 6) is -0.786. The first-order valence-electron chi connectivity index (χ1n) is 9.55. The van der Waals surface area contributed by atoms with Gasteiger partial charge in [-0.1, -0.05) is 12.2 Å². The zero-order valence-electron chi connectivity index (χ0n) is 17.2. The van der Waals surface area contributed by atoms with Gasteiger partial charge in [0.05, 0.1) is 0 Å². The van der Waals surface area contributed by atoms with Gasteiger partial charge in [0.2, 0.25) is 0 Å². The molecular formula is C23H26N2O3S. The van der Waals surface area contributed by atoms with Crippen molar-refractivity contribution in [2.24, 2.45) is 0 Å². The van der Waals surface area contributed by atoms with Crippen LogP contribution < -0.4 is 15.2 Å². The summed E-state index contributed by atoms with van der Waals surface area (Å²) in [5, 5.41) is 10.2. The number of carbonyl (C=O) groups is 1. The molecule has 0 saturated heterocycles. The van der Waals surface area contributed by atoms with Crippen LogP contribution in [0.4, 0.5) is 11.4 Å². The lowest BCUT2D eigenvalue weighted by Crippen LogP contribution is -2.11. The molecule has 2 aromatic carbocycles. The minimum Gasteiger partial charge on any atom is -0.481 e. The predicted octanol–water partition coefficient (Wildman–Crippen LogP) is 4.81. The summed E-state index contributed by atoms with van der Waals surface area (Å²) in [5.41, 5.74) is 3.01. The lowest BCUT2D eigenvalue weighted by atomic mass is 10.0. The molecule has 0 spiro atoms. The van der Waals surface area contributed by atoms with E-state index in [0.29, 0.717) is 12.8 Å². The van der Waals surface area contributed by atoms with Crippen LogP contribution in [-0.4, -0.2) is 39.3 Å². The van der Waals surface area contributed by atoms with Crippen LogP contribution >= 0.6 is 11.3 Å². The molecule has 0 radical (unpaired) electrons. The van der Waals surface area contributed by atoms with E-state index in [1.807, 2.05) is 68.3 Å². The molecule has 0 aliphatic heterocycles. The van der Waals surface area contributed by atoms with E-state index in [1.54, 1.807) is 11.3 Å². The topological polar surface area (TPSA) is 60.9 Å². The molecule has 29 heavy (non-hydrogen) atoms. The molecule has 0 aliphatic rings. The molecular weight excluding hydrogens is 384 g/mol. The number of benzene rings is 2. The molecule has 0 fully saturated rings. The van der Waals surface area contributed by atoms with Gasteiger partial charge in [0, 0.05) is 66.2 Å². The Balaban J connectivity index is 2.16. The van der Waals surface area contributed by atoms with E-state index in [4.69, 9.17) is 5.11 Å². The van der Waals surface area contributed by atoms with Gasteiger partial charge in [-0.15, -0.1) is 11.3 Å². The standard InChI is InChI=1S/C23H26N2O3S/c1-24(2)16-10-11-18-19(13-16)29-20-14-17(25(3)4)12-15(22(20)23(18)28)8-6-5-7-9-21(26)27/h6,8,10-14H,5,7,9H2,1-4H3,(H,26,27)/b8-6+. The van der Waals surface area contributed by atoms with Gasteiger partial charge in [-0.3, -0.25) is 9.59 Å². The Bertz CT molecular complexity index is 1150. The predicted molar refractivity (Wildman–Crippen MR) is 125 cm³/mol. The largest absolute Gasteiger partial charge is 0.481 e. The van der Waals surface area contributed by atoms with E-state index in [0.717, 1.165) is 37.1 Å². The molecule has 0 saturated carbocycles. The summed E-state index contributed by atoms with van der Waals surface area (Å²) in [6, 6.07) is 10.0. The normalized spacial score (nSPS) is 11.4. The molecule has 152 valence electrons. The van der Waals surface area contributed by atoms with Crippen molar-refractivity contribution in [1.29, 1.82) is 0 Å². The third kappa shape index (κ3) is 4.59. The molecule has 0 unspecified atom stereocenters. The van der Waals surface area contributed by atoms with Gasteiger partial charge in [-0.2, -0.15) is 0 Å². The van der Waals surface area contributed by atoms with E-state index in [2.05, 4.69) is 12.1 Å². The van der Waals surface area contributed by atoms with Crippen molar-refractivity contribution < 1.29 is 9.90 Å². The highest BCUT2D eigenvalue weighted by Gasteiger charge is 2.12. The Kier molecular flexibility index (Phi) is 6.23. The monoisotopic (exact) mass is 410 g/mol. The molecule has 1 N–H and O–H groups in total. The summed E-state index contributed by atoms with van der Waals surface area (Å²) < 4.78 is 1.93. The number of anilines is 2. The Morgan fingerprint density at radius 1 is 1.03 bits per heavy atom. The number of unbranched alkanes of at least 4 members (excludes halogenated alkanes) is 1. The van der Waals surface area contributed by atoms with Crippen molar-refractivity contribution in [3.8, 4) is 0 Å². The fourth-order valence-corrected chi connectivity index (χ4v) is 4.41. The summed E-state index contributed by atoms with van der Waals surface area (Å²) in [4.78, 5) is 28.1. The molecule has 3 rings (SSSR count). The molecule has 0 aliphatic carbocycles. The average molecular weight is 411 g/mol. The molecule has 1 heterocycles. The first-order chi connectivity index (χ1) is 13.8. The summed E-state index contributed by atoms with van der Waals surface area (Å²) in [7, 11) is 7.94. The Labute approximate surface area is 174 Å². The van der Waals surface area contributed by atoms with Gasteiger partial charge < -0.3 is 14.9 Å². The van der Waals surface area contributed by atoms with Crippen molar-refractivity contribution in [3.63, 3.8) is 0 Å². The number of fused-ring (bicyclic) bond motifs is 2. The second kappa shape index (κ2) is 8.66. The van der Waals surface area contributed by atoms with Gasteiger partial charge in [0.25, 0.3) is 0 Å². The van der Waals surface area contributed by atoms with E-state index < -0.39 is 5.97 Å². The molecule has 0 bridgehead atoms. The van der Waals surface area contributed by atoms with Gasteiger partial charge in [0.15, 0.2) is 5.43 Å². The number of allylic oxidation sites excluding steroid dienone is 1. The fraction of sp³-hybridized carbons (Fsp3) is 0.304. The number of carboxylic acid groups (broad SMARTS) is 1. The first-order valence-corrected chi connectivity index (χ1v) is 10.4. The highest BCUT2D eigenvalue weighted by Crippen LogP contribution is 2.32. The van der Waals surface area contributed by atoms with Crippen LogP contribution in [0.1, 0.15) is 24.8 Å². The molecule has 0 atom stereocenters.